The van der Waals surface area contributed by atoms with Crippen molar-refractivity contribution in [1.82, 2.24) is 5.16 Å². The Morgan fingerprint density at radius 1 is 1.42 bits per heavy atom. The van der Waals surface area contributed by atoms with Gasteiger partial charge in [0.25, 0.3) is 0 Å². The molecule has 1 heterocycles. The average Bonchev–Trinajstić information content (AvgIpc) is 2.68. The predicted octanol–water partition coefficient (Wildman–Crippen LogP) is 2.68. The number of hydrogen-bond acceptors (Lipinski definition) is 5. The van der Waals surface area contributed by atoms with Gasteiger partial charge in [0, 0.05) is 11.3 Å². The van der Waals surface area contributed by atoms with Crippen LogP contribution in [0.25, 0.3) is 11.1 Å². The smallest absolute Gasteiger partial charge is 0.175 e. The summed E-state index contributed by atoms with van der Waals surface area (Å²) < 4.78 is 28.4. The van der Waals surface area contributed by atoms with Gasteiger partial charge in [-0.3, -0.25) is 0 Å². The van der Waals surface area contributed by atoms with Crippen LogP contribution in [0.2, 0.25) is 5.02 Å². The number of benzene rings is 1. The standard InChI is InChI=1S/C12H13ClN2O3S/c1-7(19(2,16)17)11-10(12(14)15-18-11)8-4-3-5-9(13)6-8/h3-7H,1-2H3,(H2,14,15). The highest BCUT2D eigenvalue weighted by Gasteiger charge is 2.27. The third kappa shape index (κ3) is 2.74. The average molecular weight is 301 g/mol. The van der Waals surface area contributed by atoms with Crippen molar-refractivity contribution in [2.45, 2.75) is 12.2 Å². The molecule has 0 bridgehead atoms. The Kier molecular flexibility index (Phi) is 3.56. The number of nitrogen functional groups attached to an aromatic ring is 1. The van der Waals surface area contributed by atoms with Gasteiger partial charge in [0.15, 0.2) is 21.4 Å². The van der Waals surface area contributed by atoms with Gasteiger partial charge in [0.05, 0.1) is 5.56 Å². The van der Waals surface area contributed by atoms with Crippen LogP contribution < -0.4 is 5.73 Å². The molecule has 1 aromatic heterocycles. The molecule has 2 N–H and O–H groups in total. The van der Waals surface area contributed by atoms with Crippen molar-refractivity contribution in [2.24, 2.45) is 0 Å². The minimum Gasteiger partial charge on any atom is -0.380 e. The molecule has 0 spiro atoms. The molecular formula is C12H13ClN2O3S. The van der Waals surface area contributed by atoms with Gasteiger partial charge in [0.2, 0.25) is 0 Å². The molecule has 0 fully saturated rings. The zero-order valence-corrected chi connectivity index (χ0v) is 12.0. The van der Waals surface area contributed by atoms with Crippen molar-refractivity contribution in [2.75, 3.05) is 12.0 Å². The quantitative estimate of drug-likeness (QED) is 0.941. The Hall–Kier alpha value is -1.53. The van der Waals surface area contributed by atoms with Crippen LogP contribution in [0.3, 0.4) is 0 Å². The Morgan fingerprint density at radius 2 is 2.11 bits per heavy atom. The van der Waals surface area contributed by atoms with E-state index >= 15 is 0 Å². The Balaban J connectivity index is 2.62. The highest BCUT2D eigenvalue weighted by molar-refractivity contribution is 7.90. The lowest BCUT2D eigenvalue weighted by atomic mass is 10.0. The van der Waals surface area contributed by atoms with E-state index in [4.69, 9.17) is 21.9 Å². The largest absolute Gasteiger partial charge is 0.380 e. The number of sulfone groups is 1. The number of nitrogens with two attached hydrogens (primary N) is 1. The van der Waals surface area contributed by atoms with Gasteiger partial charge in [-0.25, -0.2) is 8.42 Å². The minimum atomic E-state index is -3.31. The van der Waals surface area contributed by atoms with Gasteiger partial charge in [-0.2, -0.15) is 0 Å². The summed E-state index contributed by atoms with van der Waals surface area (Å²) in [6.45, 7) is 1.53. The molecular weight excluding hydrogens is 288 g/mol. The normalized spacial score (nSPS) is 13.4. The molecule has 2 aromatic rings. The van der Waals surface area contributed by atoms with Crippen LogP contribution in [0, 0.1) is 0 Å². The molecule has 0 aliphatic carbocycles. The van der Waals surface area contributed by atoms with E-state index in [1.807, 2.05) is 0 Å². The molecule has 19 heavy (non-hydrogen) atoms. The van der Waals surface area contributed by atoms with Gasteiger partial charge < -0.3 is 10.3 Å². The summed E-state index contributed by atoms with van der Waals surface area (Å²) in [6, 6.07) is 6.92. The zero-order chi connectivity index (χ0) is 14.2. The number of hydrogen-bond donors (Lipinski definition) is 1. The third-order valence-electron chi connectivity index (χ3n) is 2.87. The summed E-state index contributed by atoms with van der Waals surface area (Å²) in [5.74, 6) is 0.370. The molecule has 0 saturated heterocycles. The Morgan fingerprint density at radius 3 is 2.68 bits per heavy atom. The van der Waals surface area contributed by atoms with Crippen LogP contribution >= 0.6 is 11.6 Å². The Labute approximate surface area is 116 Å². The second-order valence-corrected chi connectivity index (χ2v) is 7.09. The molecule has 1 atom stereocenters. The number of anilines is 1. The first kappa shape index (κ1) is 13.9. The lowest BCUT2D eigenvalue weighted by molar-refractivity contribution is 0.385. The van der Waals surface area contributed by atoms with E-state index in [0.29, 0.717) is 16.1 Å². The van der Waals surface area contributed by atoms with Crippen LogP contribution in [-0.2, 0) is 9.84 Å². The van der Waals surface area contributed by atoms with Gasteiger partial charge in [0.1, 0.15) is 5.25 Å². The van der Waals surface area contributed by atoms with Gasteiger partial charge in [-0.05, 0) is 24.6 Å². The molecule has 1 aromatic carbocycles. The molecule has 0 amide bonds. The van der Waals surface area contributed by atoms with E-state index in [-0.39, 0.29) is 11.6 Å². The molecule has 0 radical (unpaired) electrons. The number of halogens is 1. The summed E-state index contributed by atoms with van der Waals surface area (Å²) >= 11 is 5.93. The molecule has 0 aliphatic rings. The second-order valence-electron chi connectivity index (χ2n) is 4.29. The van der Waals surface area contributed by atoms with Gasteiger partial charge in [-0.15, -0.1) is 0 Å². The predicted molar refractivity (Wildman–Crippen MR) is 74.6 cm³/mol. The van der Waals surface area contributed by atoms with E-state index in [9.17, 15) is 8.42 Å². The van der Waals surface area contributed by atoms with Crippen molar-refractivity contribution >= 4 is 27.3 Å². The van der Waals surface area contributed by atoms with Crippen LogP contribution in [0.5, 0.6) is 0 Å². The van der Waals surface area contributed by atoms with Crippen molar-refractivity contribution < 1.29 is 12.9 Å². The van der Waals surface area contributed by atoms with E-state index in [1.54, 1.807) is 24.3 Å². The zero-order valence-electron chi connectivity index (χ0n) is 10.4. The van der Waals surface area contributed by atoms with E-state index in [2.05, 4.69) is 5.16 Å². The molecule has 0 aliphatic heterocycles. The summed E-state index contributed by atoms with van der Waals surface area (Å²) in [7, 11) is -3.31. The number of nitrogens with zero attached hydrogens (tertiary/aromatic N) is 1. The van der Waals surface area contributed by atoms with Crippen LogP contribution in [-0.4, -0.2) is 19.8 Å². The first-order valence-electron chi connectivity index (χ1n) is 5.50. The van der Waals surface area contributed by atoms with Gasteiger partial charge >= 0.3 is 0 Å². The van der Waals surface area contributed by atoms with Crippen LogP contribution in [0.4, 0.5) is 5.82 Å². The molecule has 5 nitrogen and oxygen atoms in total. The number of rotatable bonds is 3. The third-order valence-corrected chi connectivity index (χ3v) is 4.60. The van der Waals surface area contributed by atoms with E-state index in [1.165, 1.54) is 6.92 Å². The first-order chi connectivity index (χ1) is 8.80. The first-order valence-corrected chi connectivity index (χ1v) is 7.84. The second kappa shape index (κ2) is 4.86. The van der Waals surface area contributed by atoms with Crippen molar-refractivity contribution in [3.63, 3.8) is 0 Å². The fourth-order valence-electron chi connectivity index (χ4n) is 1.72. The highest BCUT2D eigenvalue weighted by Crippen LogP contribution is 2.36. The molecule has 7 heteroatoms. The SMILES string of the molecule is CC(c1onc(N)c1-c1cccc(Cl)c1)S(C)(=O)=O. The summed E-state index contributed by atoms with van der Waals surface area (Å²) in [5, 5.41) is 3.35. The van der Waals surface area contributed by atoms with Crippen LogP contribution in [0.1, 0.15) is 17.9 Å². The maximum atomic E-state index is 11.6. The summed E-state index contributed by atoms with van der Waals surface area (Å²) in [5.41, 5.74) is 6.91. The lowest BCUT2D eigenvalue weighted by Crippen LogP contribution is -2.08. The lowest BCUT2D eigenvalue weighted by Gasteiger charge is -2.08. The van der Waals surface area contributed by atoms with Crippen molar-refractivity contribution in [3.05, 3.63) is 35.0 Å². The maximum absolute atomic E-state index is 11.6. The summed E-state index contributed by atoms with van der Waals surface area (Å²) in [4.78, 5) is 0. The fourth-order valence-corrected chi connectivity index (χ4v) is 2.46. The van der Waals surface area contributed by atoms with Crippen LogP contribution in [0.15, 0.2) is 28.8 Å². The number of aromatic nitrogens is 1. The monoisotopic (exact) mass is 300 g/mol. The summed E-state index contributed by atoms with van der Waals surface area (Å²) in [6.07, 6.45) is 1.14. The fraction of sp³-hybridized carbons (Fsp3) is 0.250. The Bertz CT molecular complexity index is 710. The van der Waals surface area contributed by atoms with Crippen molar-refractivity contribution in [3.8, 4) is 11.1 Å². The van der Waals surface area contributed by atoms with E-state index in [0.717, 1.165) is 6.26 Å². The minimum absolute atomic E-state index is 0.146. The van der Waals surface area contributed by atoms with Gasteiger partial charge in [-0.1, -0.05) is 28.9 Å². The van der Waals surface area contributed by atoms with Crippen molar-refractivity contribution in [1.29, 1.82) is 0 Å². The molecule has 0 saturated carbocycles. The molecule has 1 unspecified atom stereocenters. The van der Waals surface area contributed by atoms with E-state index < -0.39 is 15.1 Å². The molecule has 2 rings (SSSR count). The highest BCUT2D eigenvalue weighted by atomic mass is 35.5. The topological polar surface area (TPSA) is 86.2 Å². The maximum Gasteiger partial charge on any atom is 0.175 e. The molecule has 102 valence electrons.